The highest BCUT2D eigenvalue weighted by atomic mass is 32.2. The Kier molecular flexibility index (Phi) is 4.67. The Morgan fingerprint density at radius 1 is 1.08 bits per heavy atom. The van der Waals surface area contributed by atoms with E-state index in [0.717, 1.165) is 24.8 Å². The van der Waals surface area contributed by atoms with Gasteiger partial charge in [0.2, 0.25) is 5.91 Å². The Balaban J connectivity index is 1.93. The minimum Gasteiger partial charge on any atom is -0.495 e. The molecule has 132 valence electrons. The zero-order chi connectivity index (χ0) is 18.0. The van der Waals surface area contributed by atoms with Gasteiger partial charge in [-0.05, 0) is 60.7 Å². The minimum absolute atomic E-state index is 0.222. The first-order valence-corrected chi connectivity index (χ1v) is 9.47. The number of aryl methyl sites for hydroxylation is 2. The van der Waals surface area contributed by atoms with E-state index in [-0.39, 0.29) is 16.5 Å². The summed E-state index contributed by atoms with van der Waals surface area (Å²) >= 11 is 0. The first-order chi connectivity index (χ1) is 11.9. The third-order valence-corrected chi connectivity index (χ3v) is 5.51. The molecule has 0 spiro atoms. The summed E-state index contributed by atoms with van der Waals surface area (Å²) in [5.74, 6) is 0.136. The molecule has 1 aliphatic carbocycles. The molecule has 3 rings (SSSR count). The van der Waals surface area contributed by atoms with Crippen molar-refractivity contribution < 1.29 is 17.9 Å². The zero-order valence-electron chi connectivity index (χ0n) is 14.1. The molecule has 0 radical (unpaired) electrons. The molecule has 0 fully saturated rings. The number of anilines is 2. The highest BCUT2D eigenvalue weighted by molar-refractivity contribution is 7.92. The molecule has 1 amide bonds. The molecule has 0 heterocycles. The molecule has 0 aromatic heterocycles. The molecule has 2 aromatic carbocycles. The summed E-state index contributed by atoms with van der Waals surface area (Å²) in [5, 5.41) is 2.63. The first kappa shape index (κ1) is 17.3. The van der Waals surface area contributed by atoms with Crippen molar-refractivity contribution in [1.29, 1.82) is 0 Å². The van der Waals surface area contributed by atoms with Crippen LogP contribution in [0.1, 0.15) is 24.5 Å². The van der Waals surface area contributed by atoms with Crippen LogP contribution in [0.3, 0.4) is 0 Å². The van der Waals surface area contributed by atoms with Crippen LogP contribution >= 0.6 is 0 Å². The number of methoxy groups -OCH3 is 1. The smallest absolute Gasteiger partial charge is 0.262 e. The van der Waals surface area contributed by atoms with Gasteiger partial charge in [0, 0.05) is 12.6 Å². The Labute approximate surface area is 147 Å². The van der Waals surface area contributed by atoms with Gasteiger partial charge < -0.3 is 10.1 Å². The summed E-state index contributed by atoms with van der Waals surface area (Å²) in [6, 6.07) is 10.0. The van der Waals surface area contributed by atoms with Gasteiger partial charge in [0.25, 0.3) is 10.0 Å². The van der Waals surface area contributed by atoms with E-state index in [0.29, 0.717) is 11.4 Å². The van der Waals surface area contributed by atoms with Crippen LogP contribution in [0.4, 0.5) is 11.4 Å². The maximum absolute atomic E-state index is 12.7. The van der Waals surface area contributed by atoms with Crippen molar-refractivity contribution in [2.75, 3.05) is 17.1 Å². The highest BCUT2D eigenvalue weighted by Crippen LogP contribution is 2.31. The Bertz CT molecular complexity index is 923. The minimum atomic E-state index is -3.76. The van der Waals surface area contributed by atoms with Crippen molar-refractivity contribution in [2.45, 2.75) is 31.1 Å². The molecule has 7 heteroatoms. The largest absolute Gasteiger partial charge is 0.495 e. The van der Waals surface area contributed by atoms with Gasteiger partial charge in [-0.2, -0.15) is 0 Å². The first-order valence-electron chi connectivity index (χ1n) is 7.99. The quantitative estimate of drug-likeness (QED) is 0.859. The second-order valence-electron chi connectivity index (χ2n) is 5.99. The molecule has 0 atom stereocenters. The number of nitrogens with one attached hydrogen (secondary N) is 2. The lowest BCUT2D eigenvalue weighted by molar-refractivity contribution is -0.114. The molecule has 2 aromatic rings. The number of benzene rings is 2. The number of sulfonamides is 1. The number of rotatable bonds is 5. The van der Waals surface area contributed by atoms with Crippen LogP contribution in [-0.2, 0) is 27.7 Å². The summed E-state index contributed by atoms with van der Waals surface area (Å²) in [7, 11) is -2.30. The molecule has 0 saturated heterocycles. The Morgan fingerprint density at radius 3 is 2.56 bits per heavy atom. The number of hydrogen-bond acceptors (Lipinski definition) is 4. The number of hydrogen-bond donors (Lipinski definition) is 2. The molecule has 0 bridgehead atoms. The fraction of sp³-hybridized carbons (Fsp3) is 0.278. The number of amides is 1. The van der Waals surface area contributed by atoms with Crippen LogP contribution < -0.4 is 14.8 Å². The summed E-state index contributed by atoms with van der Waals surface area (Å²) < 4.78 is 33.3. The van der Waals surface area contributed by atoms with Gasteiger partial charge in [0.15, 0.2) is 0 Å². The normalized spacial score (nSPS) is 13.2. The number of ether oxygens (including phenoxy) is 1. The van der Waals surface area contributed by atoms with Gasteiger partial charge in [-0.1, -0.05) is 6.07 Å². The second-order valence-corrected chi connectivity index (χ2v) is 7.67. The number of carbonyl (C=O) groups is 1. The summed E-state index contributed by atoms with van der Waals surface area (Å²) in [6.07, 6.45) is 2.95. The SMILES string of the molecule is COc1ccc(NC(C)=O)cc1NS(=O)(=O)c1ccc2c(c1)CCC2. The monoisotopic (exact) mass is 360 g/mol. The van der Waals surface area contributed by atoms with Gasteiger partial charge in [0.1, 0.15) is 5.75 Å². The van der Waals surface area contributed by atoms with E-state index in [2.05, 4.69) is 10.0 Å². The zero-order valence-corrected chi connectivity index (χ0v) is 14.9. The molecule has 0 saturated carbocycles. The highest BCUT2D eigenvalue weighted by Gasteiger charge is 2.20. The van der Waals surface area contributed by atoms with Crippen LogP contribution in [0, 0.1) is 0 Å². The summed E-state index contributed by atoms with van der Waals surface area (Å²) in [4.78, 5) is 11.4. The second kappa shape index (κ2) is 6.76. The number of fused-ring (bicyclic) bond motifs is 1. The maximum Gasteiger partial charge on any atom is 0.262 e. The molecule has 6 nitrogen and oxygen atoms in total. The standard InChI is InChI=1S/C18H20N2O4S/c1-12(21)19-15-7-9-18(24-2)17(11-15)20-25(22,23)16-8-6-13-4-3-5-14(13)10-16/h6-11,20H,3-5H2,1-2H3,(H,19,21). The van der Waals surface area contributed by atoms with Gasteiger partial charge >= 0.3 is 0 Å². The van der Waals surface area contributed by atoms with Crippen molar-refractivity contribution in [1.82, 2.24) is 0 Å². The van der Waals surface area contributed by atoms with Crippen molar-refractivity contribution >= 4 is 27.3 Å². The average Bonchev–Trinajstić information content (AvgIpc) is 3.02. The lowest BCUT2D eigenvalue weighted by Gasteiger charge is -2.14. The summed E-state index contributed by atoms with van der Waals surface area (Å²) in [6.45, 7) is 1.39. The van der Waals surface area contributed by atoms with Crippen LogP contribution in [0.5, 0.6) is 5.75 Å². The Hall–Kier alpha value is -2.54. The van der Waals surface area contributed by atoms with E-state index >= 15 is 0 Å². The van der Waals surface area contributed by atoms with Crippen molar-refractivity contribution in [3.8, 4) is 5.75 Å². The van der Waals surface area contributed by atoms with E-state index in [9.17, 15) is 13.2 Å². The third-order valence-electron chi connectivity index (χ3n) is 4.14. The molecule has 25 heavy (non-hydrogen) atoms. The number of carbonyl (C=O) groups excluding carboxylic acids is 1. The predicted octanol–water partition coefficient (Wildman–Crippen LogP) is 2.94. The molecular weight excluding hydrogens is 340 g/mol. The van der Waals surface area contributed by atoms with Gasteiger partial charge in [-0.3, -0.25) is 9.52 Å². The molecule has 2 N–H and O–H groups in total. The summed E-state index contributed by atoms with van der Waals surface area (Å²) in [5.41, 5.74) is 3.06. The predicted molar refractivity (Wildman–Crippen MR) is 96.6 cm³/mol. The third kappa shape index (κ3) is 3.76. The molecular formula is C18H20N2O4S. The van der Waals surface area contributed by atoms with Crippen molar-refractivity contribution in [3.63, 3.8) is 0 Å². The molecule has 0 unspecified atom stereocenters. The Morgan fingerprint density at radius 2 is 1.84 bits per heavy atom. The van der Waals surface area contributed by atoms with E-state index in [1.807, 2.05) is 6.07 Å². The van der Waals surface area contributed by atoms with Gasteiger partial charge in [-0.15, -0.1) is 0 Å². The van der Waals surface area contributed by atoms with Crippen LogP contribution in [0.15, 0.2) is 41.3 Å². The fourth-order valence-electron chi connectivity index (χ4n) is 2.99. The molecule has 0 aliphatic heterocycles. The van der Waals surface area contributed by atoms with Crippen LogP contribution in [0.25, 0.3) is 0 Å². The van der Waals surface area contributed by atoms with E-state index < -0.39 is 10.0 Å². The lowest BCUT2D eigenvalue weighted by Crippen LogP contribution is -2.14. The van der Waals surface area contributed by atoms with E-state index in [1.54, 1.807) is 24.3 Å². The van der Waals surface area contributed by atoms with Crippen molar-refractivity contribution in [2.24, 2.45) is 0 Å². The maximum atomic E-state index is 12.7. The van der Waals surface area contributed by atoms with Crippen LogP contribution in [0.2, 0.25) is 0 Å². The lowest BCUT2D eigenvalue weighted by atomic mass is 10.1. The van der Waals surface area contributed by atoms with Crippen LogP contribution in [-0.4, -0.2) is 21.4 Å². The fourth-order valence-corrected chi connectivity index (χ4v) is 4.10. The molecule has 1 aliphatic rings. The van der Waals surface area contributed by atoms with Crippen molar-refractivity contribution in [3.05, 3.63) is 47.5 Å². The average molecular weight is 360 g/mol. The van der Waals surface area contributed by atoms with E-state index in [1.165, 1.54) is 25.7 Å². The van der Waals surface area contributed by atoms with Gasteiger partial charge in [0.05, 0.1) is 17.7 Å². The van der Waals surface area contributed by atoms with E-state index in [4.69, 9.17) is 4.74 Å². The van der Waals surface area contributed by atoms with Gasteiger partial charge in [-0.25, -0.2) is 8.42 Å². The topological polar surface area (TPSA) is 84.5 Å².